The molecule has 0 aliphatic heterocycles. The van der Waals surface area contributed by atoms with E-state index in [1.54, 1.807) is 0 Å². The first-order valence-corrected chi connectivity index (χ1v) is 10.5. The average molecular weight is 462 g/mol. The van der Waals surface area contributed by atoms with Crippen molar-refractivity contribution in [3.8, 4) is 22.8 Å². The van der Waals surface area contributed by atoms with Gasteiger partial charge in [-0.05, 0) is 55.5 Å². The first kappa shape index (κ1) is 23.7. The van der Waals surface area contributed by atoms with Gasteiger partial charge in [-0.25, -0.2) is 4.79 Å². The van der Waals surface area contributed by atoms with E-state index in [0.717, 1.165) is 53.7 Å². The van der Waals surface area contributed by atoms with Gasteiger partial charge in [0.2, 0.25) is 5.75 Å². The fourth-order valence-corrected chi connectivity index (χ4v) is 4.30. The molecule has 1 aromatic carbocycles. The molecule has 0 atom stereocenters. The van der Waals surface area contributed by atoms with Crippen LogP contribution in [-0.4, -0.2) is 32.5 Å². The van der Waals surface area contributed by atoms with Gasteiger partial charge in [0.1, 0.15) is 0 Å². The smallest absolute Gasteiger partial charge is 0.504 e. The van der Waals surface area contributed by atoms with Crippen LogP contribution in [0.15, 0.2) is 23.0 Å². The fourth-order valence-electron chi connectivity index (χ4n) is 4.30. The summed E-state index contributed by atoms with van der Waals surface area (Å²) in [6, 6.07) is 6.31. The highest BCUT2D eigenvalue weighted by Gasteiger charge is 2.25. The lowest BCUT2D eigenvalue weighted by atomic mass is 9.99. The first-order chi connectivity index (χ1) is 14.8. The molecule has 0 bridgehead atoms. The highest BCUT2D eigenvalue weighted by Crippen LogP contribution is 2.40. The number of nitrogens with zero attached hydrogens (tertiary/aromatic N) is 1. The van der Waals surface area contributed by atoms with E-state index in [-0.39, 0.29) is 12.4 Å². The zero-order valence-electron chi connectivity index (χ0n) is 18.3. The molecule has 0 spiro atoms. The van der Waals surface area contributed by atoms with Gasteiger partial charge in [-0.15, -0.1) is 12.4 Å². The van der Waals surface area contributed by atoms with Crippen LogP contribution in [-0.2, 0) is 26.4 Å². The van der Waals surface area contributed by atoms with E-state index in [9.17, 15) is 14.7 Å². The number of benzene rings is 1. The molecule has 0 saturated carbocycles. The lowest BCUT2D eigenvalue weighted by Gasteiger charge is -2.13. The van der Waals surface area contributed by atoms with Gasteiger partial charge in [0.25, 0.3) is 5.56 Å². The Labute approximate surface area is 191 Å². The van der Waals surface area contributed by atoms with Gasteiger partial charge < -0.3 is 29.8 Å². The molecular weight excluding hydrogens is 434 g/mol. The number of pyridine rings is 1. The van der Waals surface area contributed by atoms with Crippen molar-refractivity contribution in [3.05, 3.63) is 45.4 Å². The summed E-state index contributed by atoms with van der Waals surface area (Å²) in [5, 5.41) is 24.0. The van der Waals surface area contributed by atoms with Crippen LogP contribution in [0.5, 0.6) is 11.5 Å². The number of hydrogen-bond acceptors (Lipinski definition) is 5. The molecule has 2 aromatic heterocycles. The second-order valence-electron chi connectivity index (χ2n) is 8.49. The number of hydrogen-bond donors (Lipinski definition) is 4. The fraction of sp³-hybridized carbons (Fsp3) is 0.391. The molecule has 32 heavy (non-hydrogen) atoms. The van der Waals surface area contributed by atoms with Gasteiger partial charge in [0.15, 0.2) is 5.75 Å². The zero-order valence-corrected chi connectivity index (χ0v) is 19.1. The molecule has 8 nitrogen and oxygen atoms in total. The van der Waals surface area contributed by atoms with Crippen LogP contribution < -0.4 is 15.6 Å². The SMILES string of the molecule is CC(C)CNCc1cc2cc3c(cc2n1C)CCCc1c-3[nH]c(=O)c(OC(=O)O)c1O.Cl. The Hall–Kier alpha value is -2.97. The van der Waals surface area contributed by atoms with Crippen LogP contribution in [0.4, 0.5) is 4.79 Å². The quantitative estimate of drug-likeness (QED) is 0.427. The number of aromatic hydroxyl groups is 1. The Balaban J connectivity index is 0.00000289. The summed E-state index contributed by atoms with van der Waals surface area (Å²) in [6.07, 6.45) is 0.399. The molecule has 0 radical (unpaired) electrons. The van der Waals surface area contributed by atoms with Gasteiger partial charge in [0, 0.05) is 41.3 Å². The molecule has 3 aromatic rings. The molecule has 2 heterocycles. The highest BCUT2D eigenvalue weighted by molar-refractivity contribution is 5.89. The molecule has 1 aliphatic rings. The number of carbonyl (C=O) groups is 1. The third-order valence-corrected chi connectivity index (χ3v) is 5.80. The standard InChI is InChI=1S/C23H27N3O5.ClH/c1-12(2)10-24-11-15-7-14-8-17-13(9-18(14)26(15)3)5-4-6-16-19(17)25-22(28)21(20(16)27)31-23(29)30;/h7-9,12,24H,4-6,10-11H2,1-3H3,(H,29,30)(H2,25,27,28);1H. The Morgan fingerprint density at radius 2 is 2.03 bits per heavy atom. The number of aryl methyl sites for hydroxylation is 2. The number of halogens is 1. The van der Waals surface area contributed by atoms with E-state index in [2.05, 4.69) is 52.6 Å². The highest BCUT2D eigenvalue weighted by atomic mass is 35.5. The largest absolute Gasteiger partial charge is 0.511 e. The minimum absolute atomic E-state index is 0. The maximum atomic E-state index is 12.4. The normalized spacial score (nSPS) is 12.8. The Bertz CT molecular complexity index is 1230. The summed E-state index contributed by atoms with van der Waals surface area (Å²) in [4.78, 5) is 26.1. The molecule has 0 unspecified atom stereocenters. The first-order valence-electron chi connectivity index (χ1n) is 10.5. The van der Waals surface area contributed by atoms with Crippen molar-refractivity contribution < 1.29 is 19.7 Å². The number of carboxylic acid groups (broad SMARTS) is 1. The molecule has 1 aliphatic carbocycles. The molecule has 4 N–H and O–H groups in total. The van der Waals surface area contributed by atoms with Crippen LogP contribution in [0.25, 0.3) is 22.2 Å². The van der Waals surface area contributed by atoms with Crippen molar-refractivity contribution in [2.24, 2.45) is 13.0 Å². The van der Waals surface area contributed by atoms with E-state index in [1.165, 1.54) is 0 Å². The number of H-pyrrole nitrogens is 1. The predicted molar refractivity (Wildman–Crippen MR) is 125 cm³/mol. The van der Waals surface area contributed by atoms with E-state index in [0.29, 0.717) is 23.6 Å². The predicted octanol–water partition coefficient (Wildman–Crippen LogP) is 3.95. The van der Waals surface area contributed by atoms with Crippen molar-refractivity contribution in [1.29, 1.82) is 0 Å². The van der Waals surface area contributed by atoms with Crippen molar-refractivity contribution >= 4 is 29.5 Å². The number of fused-ring (bicyclic) bond motifs is 4. The van der Waals surface area contributed by atoms with Gasteiger partial charge in [-0.1, -0.05) is 13.8 Å². The van der Waals surface area contributed by atoms with E-state index in [1.807, 2.05) is 6.07 Å². The van der Waals surface area contributed by atoms with Crippen LogP contribution in [0, 0.1) is 5.92 Å². The summed E-state index contributed by atoms with van der Waals surface area (Å²) in [5.74, 6) is -0.406. The Kier molecular flexibility index (Phi) is 6.85. The third kappa shape index (κ3) is 4.33. The van der Waals surface area contributed by atoms with Crippen molar-refractivity contribution in [3.63, 3.8) is 0 Å². The number of nitrogens with one attached hydrogen (secondary N) is 2. The van der Waals surface area contributed by atoms with Crippen molar-refractivity contribution in [2.45, 2.75) is 39.7 Å². The zero-order chi connectivity index (χ0) is 22.3. The minimum Gasteiger partial charge on any atom is -0.504 e. The molecule has 9 heteroatoms. The van der Waals surface area contributed by atoms with E-state index < -0.39 is 23.2 Å². The van der Waals surface area contributed by atoms with Crippen molar-refractivity contribution in [1.82, 2.24) is 14.9 Å². The van der Waals surface area contributed by atoms with Gasteiger partial charge in [-0.3, -0.25) is 4.79 Å². The number of ether oxygens (including phenoxy) is 1. The van der Waals surface area contributed by atoms with Crippen LogP contribution in [0.1, 0.15) is 37.1 Å². The third-order valence-electron chi connectivity index (χ3n) is 5.80. The van der Waals surface area contributed by atoms with E-state index in [4.69, 9.17) is 5.11 Å². The van der Waals surface area contributed by atoms with Crippen LogP contribution in [0.2, 0.25) is 0 Å². The summed E-state index contributed by atoms with van der Waals surface area (Å²) in [7, 11) is 2.05. The summed E-state index contributed by atoms with van der Waals surface area (Å²) >= 11 is 0. The summed E-state index contributed by atoms with van der Waals surface area (Å²) in [5.41, 5.74) is 4.47. The molecule has 0 amide bonds. The lowest BCUT2D eigenvalue weighted by Crippen LogP contribution is -2.20. The molecule has 0 saturated heterocycles. The van der Waals surface area contributed by atoms with Crippen molar-refractivity contribution in [2.75, 3.05) is 6.54 Å². The molecular formula is C23H28ClN3O5. The van der Waals surface area contributed by atoms with Crippen LogP contribution >= 0.6 is 12.4 Å². The maximum Gasteiger partial charge on any atom is 0.511 e. The second-order valence-corrected chi connectivity index (χ2v) is 8.49. The Morgan fingerprint density at radius 1 is 1.28 bits per heavy atom. The summed E-state index contributed by atoms with van der Waals surface area (Å²) in [6.45, 7) is 6.04. The topological polar surface area (TPSA) is 117 Å². The number of aromatic amines is 1. The second kappa shape index (κ2) is 9.26. The number of rotatable bonds is 5. The van der Waals surface area contributed by atoms with Gasteiger partial charge in [-0.2, -0.15) is 0 Å². The number of aromatic nitrogens is 2. The van der Waals surface area contributed by atoms with E-state index >= 15 is 0 Å². The van der Waals surface area contributed by atoms with Crippen LogP contribution in [0.3, 0.4) is 0 Å². The minimum atomic E-state index is -1.64. The average Bonchev–Trinajstić information content (AvgIpc) is 2.89. The molecule has 172 valence electrons. The lowest BCUT2D eigenvalue weighted by molar-refractivity contribution is 0.142. The van der Waals surface area contributed by atoms with Gasteiger partial charge >= 0.3 is 6.16 Å². The molecule has 0 fully saturated rings. The maximum absolute atomic E-state index is 12.4. The van der Waals surface area contributed by atoms with Gasteiger partial charge in [0.05, 0.1) is 5.69 Å². The summed E-state index contributed by atoms with van der Waals surface area (Å²) < 4.78 is 6.71. The monoisotopic (exact) mass is 461 g/mol. The molecule has 4 rings (SSSR count). The Morgan fingerprint density at radius 3 is 2.72 bits per heavy atom.